The summed E-state index contributed by atoms with van der Waals surface area (Å²) in [6.45, 7) is 3.61. The molecule has 2 amide bonds. The van der Waals surface area contributed by atoms with Crippen LogP contribution >= 0.6 is 11.6 Å². The summed E-state index contributed by atoms with van der Waals surface area (Å²) in [7, 11) is 1.84. The molecule has 0 aromatic carbocycles. The number of halogens is 1. The standard InChI is InChI=1S/C32H55ClN6O3/c1-21-37-38-31-27(20-29(40)34-17-7-4-8-18-35-32(41)23-9-5-3-6-10-23)36-30(22-11-13-24(33)14-12-22)26-19-25(42-2)15-16-28(26)39(21)31/h21-28,31,37-38H,3-20H2,1-2H3,(H,34,40)(H,35,41)/t21?,22?,24?,25?,26?,27-,28?,31?/m0/s1. The zero-order valence-corrected chi connectivity index (χ0v) is 26.7. The molecule has 1 saturated heterocycles. The van der Waals surface area contributed by atoms with E-state index < -0.39 is 0 Å². The lowest BCUT2D eigenvalue weighted by molar-refractivity contribution is -0.126. The molecule has 0 bridgehead atoms. The van der Waals surface area contributed by atoms with Crippen LogP contribution in [0.1, 0.15) is 110 Å². The SMILES string of the molecule is COC1CCC2C(C1)C(C1CCC(Cl)CC1)=N[C@@H](CC(=O)NCCCCCNC(=O)C1CCCCC1)C1NNC(C)N21. The third-order valence-electron chi connectivity index (χ3n) is 10.7. The van der Waals surface area contributed by atoms with Crippen LogP contribution in [0, 0.1) is 17.8 Å². The molecule has 0 radical (unpaired) electrons. The molecular formula is C32H55ClN6O3. The summed E-state index contributed by atoms with van der Waals surface area (Å²) in [5.41, 5.74) is 8.29. The van der Waals surface area contributed by atoms with Crippen LogP contribution in [0.15, 0.2) is 4.99 Å². The number of nitrogens with one attached hydrogen (secondary N) is 4. The molecular weight excluding hydrogens is 552 g/mol. The molecule has 3 aliphatic carbocycles. The zero-order chi connectivity index (χ0) is 29.5. The molecule has 10 heteroatoms. The minimum absolute atomic E-state index is 0.00742. The van der Waals surface area contributed by atoms with Gasteiger partial charge in [-0.05, 0) is 89.9 Å². The summed E-state index contributed by atoms with van der Waals surface area (Å²) in [6, 6.07) is 0.241. The van der Waals surface area contributed by atoms with Gasteiger partial charge in [-0.25, -0.2) is 10.9 Å². The fourth-order valence-corrected chi connectivity index (χ4v) is 8.55. The monoisotopic (exact) mass is 606 g/mol. The lowest BCUT2D eigenvalue weighted by Crippen LogP contribution is -2.55. The lowest BCUT2D eigenvalue weighted by Gasteiger charge is -2.44. The molecule has 5 unspecified atom stereocenters. The summed E-state index contributed by atoms with van der Waals surface area (Å²) in [6.07, 6.45) is 16.7. The highest BCUT2D eigenvalue weighted by Gasteiger charge is 2.50. The number of carbonyl (C=O) groups is 2. The molecule has 4 N–H and O–H groups in total. The molecule has 5 rings (SSSR count). The number of unbranched alkanes of at least 4 members (excludes halogenated alkanes) is 2. The number of hydrogen-bond acceptors (Lipinski definition) is 7. The average Bonchev–Trinajstić information content (AvgIpc) is 3.33. The first-order valence-corrected chi connectivity index (χ1v) is 17.5. The van der Waals surface area contributed by atoms with Crippen LogP contribution in [0.25, 0.3) is 0 Å². The number of aliphatic imine (C=N–C) groups is 1. The van der Waals surface area contributed by atoms with Crippen LogP contribution in [0.4, 0.5) is 0 Å². The molecule has 5 aliphatic rings. The minimum Gasteiger partial charge on any atom is -0.381 e. The summed E-state index contributed by atoms with van der Waals surface area (Å²) >= 11 is 6.51. The van der Waals surface area contributed by atoms with Gasteiger partial charge in [-0.15, -0.1) is 11.6 Å². The first-order valence-electron chi connectivity index (χ1n) is 17.0. The molecule has 2 heterocycles. The highest BCUT2D eigenvalue weighted by atomic mass is 35.5. The van der Waals surface area contributed by atoms with Crippen LogP contribution in [0.3, 0.4) is 0 Å². The summed E-state index contributed by atoms with van der Waals surface area (Å²) in [4.78, 5) is 33.6. The van der Waals surface area contributed by atoms with Gasteiger partial charge in [-0.1, -0.05) is 19.3 Å². The van der Waals surface area contributed by atoms with E-state index in [1.807, 2.05) is 7.11 Å². The van der Waals surface area contributed by atoms with Gasteiger partial charge in [0.25, 0.3) is 0 Å². The number of methoxy groups -OCH3 is 1. The molecule has 9 nitrogen and oxygen atoms in total. The van der Waals surface area contributed by atoms with E-state index in [0.717, 1.165) is 83.6 Å². The van der Waals surface area contributed by atoms with Crippen molar-refractivity contribution >= 4 is 29.1 Å². The molecule has 0 spiro atoms. The van der Waals surface area contributed by atoms with Crippen LogP contribution in [0.2, 0.25) is 0 Å². The second-order valence-corrected chi connectivity index (χ2v) is 14.1. The number of nitrogens with zero attached hydrogens (tertiary/aromatic N) is 2. The summed E-state index contributed by atoms with van der Waals surface area (Å²) < 4.78 is 5.87. The lowest BCUT2D eigenvalue weighted by atomic mass is 9.72. The smallest absolute Gasteiger partial charge is 0.223 e. The van der Waals surface area contributed by atoms with Gasteiger partial charge in [-0.3, -0.25) is 19.5 Å². The maximum Gasteiger partial charge on any atom is 0.223 e. The van der Waals surface area contributed by atoms with Crippen molar-refractivity contribution in [2.24, 2.45) is 22.7 Å². The number of hydrogen-bond donors (Lipinski definition) is 4. The van der Waals surface area contributed by atoms with E-state index in [1.165, 1.54) is 25.0 Å². The van der Waals surface area contributed by atoms with Crippen molar-refractivity contribution in [2.75, 3.05) is 20.2 Å². The third-order valence-corrected chi connectivity index (χ3v) is 11.1. The number of hydrazine groups is 1. The van der Waals surface area contributed by atoms with E-state index in [2.05, 4.69) is 33.3 Å². The molecule has 0 aromatic rings. The van der Waals surface area contributed by atoms with Gasteiger partial charge in [0, 0.05) is 49.2 Å². The molecule has 3 saturated carbocycles. The van der Waals surface area contributed by atoms with Crippen LogP contribution < -0.4 is 21.5 Å². The number of fused-ring (bicyclic) bond motifs is 3. The first kappa shape index (κ1) is 32.1. The predicted molar refractivity (Wildman–Crippen MR) is 167 cm³/mol. The number of ether oxygens (including phenoxy) is 1. The molecule has 2 aliphatic heterocycles. The van der Waals surface area contributed by atoms with Crippen molar-refractivity contribution in [1.29, 1.82) is 0 Å². The molecule has 238 valence electrons. The summed E-state index contributed by atoms with van der Waals surface area (Å²) in [5.74, 6) is 1.31. The maximum absolute atomic E-state index is 13.2. The van der Waals surface area contributed by atoms with Crippen LogP contribution in [-0.4, -0.2) is 78.5 Å². The Labute approximate surface area is 258 Å². The van der Waals surface area contributed by atoms with Gasteiger partial charge in [0.1, 0.15) is 0 Å². The fraction of sp³-hybridized carbons (Fsp3) is 0.906. The Morgan fingerprint density at radius 2 is 1.69 bits per heavy atom. The van der Waals surface area contributed by atoms with Crippen molar-refractivity contribution in [1.82, 2.24) is 26.4 Å². The van der Waals surface area contributed by atoms with Crippen molar-refractivity contribution in [3.05, 3.63) is 0 Å². The number of carbonyl (C=O) groups excluding carboxylic acids is 2. The van der Waals surface area contributed by atoms with Gasteiger partial charge in [0.15, 0.2) is 0 Å². The van der Waals surface area contributed by atoms with E-state index in [1.54, 1.807) is 0 Å². The minimum atomic E-state index is -0.146. The molecule has 42 heavy (non-hydrogen) atoms. The predicted octanol–water partition coefficient (Wildman–Crippen LogP) is 4.25. The summed E-state index contributed by atoms with van der Waals surface area (Å²) in [5, 5.41) is 6.57. The molecule has 0 aromatic heterocycles. The van der Waals surface area contributed by atoms with E-state index in [9.17, 15) is 9.59 Å². The second kappa shape index (κ2) is 15.6. The van der Waals surface area contributed by atoms with E-state index in [4.69, 9.17) is 21.3 Å². The van der Waals surface area contributed by atoms with Crippen LogP contribution in [-0.2, 0) is 14.3 Å². The highest BCUT2D eigenvalue weighted by Crippen LogP contribution is 2.42. The quantitative estimate of drug-likeness (QED) is 0.207. The fourth-order valence-electron chi connectivity index (χ4n) is 8.30. The van der Waals surface area contributed by atoms with Gasteiger partial charge < -0.3 is 15.4 Å². The normalized spacial score (nSPS) is 35.9. The number of amides is 2. The Bertz CT molecular complexity index is 922. The molecule has 6 atom stereocenters. The van der Waals surface area contributed by atoms with Gasteiger partial charge >= 0.3 is 0 Å². The zero-order valence-electron chi connectivity index (χ0n) is 25.9. The van der Waals surface area contributed by atoms with Gasteiger partial charge in [0.2, 0.25) is 11.8 Å². The second-order valence-electron chi connectivity index (χ2n) is 13.5. The van der Waals surface area contributed by atoms with E-state index in [0.29, 0.717) is 30.8 Å². The van der Waals surface area contributed by atoms with Gasteiger partial charge in [-0.2, -0.15) is 0 Å². The highest BCUT2D eigenvalue weighted by molar-refractivity contribution is 6.20. The molecule has 4 fully saturated rings. The van der Waals surface area contributed by atoms with Crippen molar-refractivity contribution in [2.45, 2.75) is 146 Å². The Kier molecular flexibility index (Phi) is 12.0. The largest absolute Gasteiger partial charge is 0.381 e. The Hall–Kier alpha value is -1.26. The number of rotatable bonds is 11. The first-order chi connectivity index (χ1) is 20.4. The van der Waals surface area contributed by atoms with Crippen molar-refractivity contribution < 1.29 is 14.3 Å². The third kappa shape index (κ3) is 8.06. The van der Waals surface area contributed by atoms with Gasteiger partial charge in [0.05, 0.1) is 30.9 Å². The van der Waals surface area contributed by atoms with E-state index >= 15 is 0 Å². The Morgan fingerprint density at radius 3 is 2.43 bits per heavy atom. The average molecular weight is 607 g/mol. The van der Waals surface area contributed by atoms with Crippen LogP contribution in [0.5, 0.6) is 0 Å². The Morgan fingerprint density at radius 1 is 0.952 bits per heavy atom. The topological polar surface area (TPSA) is 107 Å². The number of alkyl halides is 1. The van der Waals surface area contributed by atoms with Crippen molar-refractivity contribution in [3.63, 3.8) is 0 Å². The maximum atomic E-state index is 13.2. The Balaban J connectivity index is 1.15. The van der Waals surface area contributed by atoms with E-state index in [-0.39, 0.29) is 47.6 Å². The van der Waals surface area contributed by atoms with Crippen molar-refractivity contribution in [3.8, 4) is 0 Å².